The molecular weight excluding hydrogens is 360 g/mol. The van der Waals surface area contributed by atoms with Gasteiger partial charge in [0.2, 0.25) is 10.0 Å². The summed E-state index contributed by atoms with van der Waals surface area (Å²) in [4.78, 5) is 38.1. The predicted octanol–water partition coefficient (Wildman–Crippen LogP) is -0.452. The molecule has 0 aromatic heterocycles. The normalized spacial score (nSPS) is 22.6. The molecule has 0 saturated carbocycles. The second kappa shape index (κ2) is 6.36. The van der Waals surface area contributed by atoms with Crippen molar-refractivity contribution in [3.63, 3.8) is 0 Å². The maximum absolute atomic E-state index is 12.6. The lowest BCUT2D eigenvalue weighted by Gasteiger charge is -2.31. The molecule has 1 fully saturated rings. The van der Waals surface area contributed by atoms with Gasteiger partial charge in [-0.2, -0.15) is 0 Å². The van der Waals surface area contributed by atoms with Crippen LogP contribution in [0.4, 0.5) is 4.79 Å². The van der Waals surface area contributed by atoms with Gasteiger partial charge in [-0.1, -0.05) is 18.2 Å². The van der Waals surface area contributed by atoms with Crippen LogP contribution >= 0.6 is 0 Å². The van der Waals surface area contributed by atoms with E-state index in [1.807, 2.05) is 12.1 Å². The SMILES string of the molecule is CC(C)S(=O)(=O)NCC1(CN2Cc3ccccc3C2=O)NC(=O)NC1=O. The highest BCUT2D eigenvalue weighted by Gasteiger charge is 2.49. The van der Waals surface area contributed by atoms with Gasteiger partial charge in [-0.3, -0.25) is 14.9 Å². The Morgan fingerprint density at radius 1 is 1.23 bits per heavy atom. The van der Waals surface area contributed by atoms with Crippen LogP contribution in [0.1, 0.15) is 29.8 Å². The van der Waals surface area contributed by atoms with Gasteiger partial charge in [0, 0.05) is 18.7 Å². The molecule has 0 radical (unpaired) electrons. The molecule has 1 unspecified atom stereocenters. The summed E-state index contributed by atoms with van der Waals surface area (Å²) < 4.78 is 26.5. The number of carbonyl (C=O) groups is 3. The Morgan fingerprint density at radius 2 is 1.92 bits per heavy atom. The van der Waals surface area contributed by atoms with Crippen molar-refractivity contribution in [2.75, 3.05) is 13.1 Å². The highest BCUT2D eigenvalue weighted by Crippen LogP contribution is 2.25. The number of hydrogen-bond acceptors (Lipinski definition) is 5. The lowest BCUT2D eigenvalue weighted by atomic mass is 9.99. The van der Waals surface area contributed by atoms with Gasteiger partial charge < -0.3 is 10.2 Å². The summed E-state index contributed by atoms with van der Waals surface area (Å²) >= 11 is 0. The maximum atomic E-state index is 12.6. The van der Waals surface area contributed by atoms with E-state index >= 15 is 0 Å². The van der Waals surface area contributed by atoms with Crippen molar-refractivity contribution in [1.29, 1.82) is 0 Å². The Balaban J connectivity index is 1.84. The number of benzene rings is 1. The summed E-state index contributed by atoms with van der Waals surface area (Å²) in [5.41, 5.74) is -0.202. The van der Waals surface area contributed by atoms with E-state index in [0.717, 1.165) is 5.56 Å². The molecule has 1 aromatic carbocycles. The van der Waals surface area contributed by atoms with Gasteiger partial charge in [0.05, 0.1) is 11.8 Å². The van der Waals surface area contributed by atoms with Gasteiger partial charge >= 0.3 is 6.03 Å². The molecule has 4 amide bonds. The molecule has 0 bridgehead atoms. The first-order valence-electron chi connectivity index (χ1n) is 8.14. The minimum atomic E-state index is -3.65. The van der Waals surface area contributed by atoms with Crippen molar-refractivity contribution in [2.45, 2.75) is 31.2 Å². The van der Waals surface area contributed by atoms with Crippen molar-refractivity contribution in [3.05, 3.63) is 35.4 Å². The van der Waals surface area contributed by atoms with E-state index in [1.54, 1.807) is 12.1 Å². The van der Waals surface area contributed by atoms with E-state index in [-0.39, 0.29) is 25.5 Å². The molecule has 2 heterocycles. The van der Waals surface area contributed by atoms with Crippen LogP contribution in [0.5, 0.6) is 0 Å². The minimum Gasteiger partial charge on any atom is -0.331 e. The lowest BCUT2D eigenvalue weighted by molar-refractivity contribution is -0.124. The molecule has 3 N–H and O–H groups in total. The smallest absolute Gasteiger partial charge is 0.322 e. The summed E-state index contributed by atoms with van der Waals surface area (Å²) in [6.07, 6.45) is 0. The van der Waals surface area contributed by atoms with Crippen LogP contribution < -0.4 is 15.4 Å². The maximum Gasteiger partial charge on any atom is 0.322 e. The Morgan fingerprint density at radius 3 is 2.50 bits per heavy atom. The fourth-order valence-electron chi connectivity index (χ4n) is 2.98. The Labute approximate surface area is 151 Å². The third-order valence-corrected chi connectivity index (χ3v) is 6.36. The average molecular weight is 380 g/mol. The van der Waals surface area contributed by atoms with Crippen molar-refractivity contribution >= 4 is 27.9 Å². The number of rotatable bonds is 6. The van der Waals surface area contributed by atoms with Gasteiger partial charge in [0.1, 0.15) is 0 Å². The zero-order valence-corrected chi connectivity index (χ0v) is 15.2. The fraction of sp³-hybridized carbons (Fsp3) is 0.438. The largest absolute Gasteiger partial charge is 0.331 e. The standard InChI is InChI=1S/C16H20N4O5S/c1-10(2)26(24,25)17-8-16(14(22)18-15(23)19-16)9-20-7-11-5-3-4-6-12(11)13(20)21/h3-6,10,17H,7-9H2,1-2H3,(H2,18,19,22,23). The van der Waals surface area contributed by atoms with E-state index in [0.29, 0.717) is 5.56 Å². The molecule has 0 spiro atoms. The zero-order valence-electron chi connectivity index (χ0n) is 14.4. The Hall–Kier alpha value is -2.46. The molecule has 1 aromatic rings. The van der Waals surface area contributed by atoms with Crippen molar-refractivity contribution in [3.8, 4) is 0 Å². The first kappa shape index (κ1) is 18.3. The molecule has 2 aliphatic rings. The predicted molar refractivity (Wildman–Crippen MR) is 92.6 cm³/mol. The number of nitrogens with one attached hydrogen (secondary N) is 3. The molecule has 140 valence electrons. The molecule has 26 heavy (non-hydrogen) atoms. The van der Waals surface area contributed by atoms with Gasteiger partial charge in [-0.15, -0.1) is 0 Å². The molecule has 0 aliphatic carbocycles. The lowest BCUT2D eigenvalue weighted by Crippen LogP contribution is -2.61. The summed E-state index contributed by atoms with van der Waals surface area (Å²) in [6, 6.07) is 6.35. The van der Waals surface area contributed by atoms with Crippen molar-refractivity contribution < 1.29 is 22.8 Å². The van der Waals surface area contributed by atoms with Crippen LogP contribution in [0, 0.1) is 0 Å². The van der Waals surface area contributed by atoms with Crippen LogP contribution in [0.25, 0.3) is 0 Å². The summed E-state index contributed by atoms with van der Waals surface area (Å²) in [6.45, 7) is 2.81. The fourth-order valence-corrected chi connectivity index (χ4v) is 3.76. The number of hydrogen-bond donors (Lipinski definition) is 3. The first-order chi connectivity index (χ1) is 12.1. The van der Waals surface area contributed by atoms with Crippen LogP contribution in [0.15, 0.2) is 24.3 Å². The van der Waals surface area contributed by atoms with E-state index in [2.05, 4.69) is 15.4 Å². The molecule has 1 atom stereocenters. The molecule has 3 rings (SSSR count). The van der Waals surface area contributed by atoms with E-state index < -0.39 is 32.8 Å². The van der Waals surface area contributed by atoms with Crippen LogP contribution in [-0.2, 0) is 21.4 Å². The number of carbonyl (C=O) groups excluding carboxylic acids is 3. The van der Waals surface area contributed by atoms with Crippen LogP contribution in [0.3, 0.4) is 0 Å². The Bertz CT molecular complexity index is 882. The number of urea groups is 1. The van der Waals surface area contributed by atoms with Crippen molar-refractivity contribution in [1.82, 2.24) is 20.3 Å². The summed E-state index contributed by atoms with van der Waals surface area (Å²) in [5, 5.41) is 3.91. The van der Waals surface area contributed by atoms with Gasteiger partial charge in [-0.05, 0) is 25.5 Å². The van der Waals surface area contributed by atoms with Crippen LogP contribution in [-0.4, -0.2) is 55.0 Å². The highest BCUT2D eigenvalue weighted by molar-refractivity contribution is 7.90. The zero-order chi connectivity index (χ0) is 19.1. The number of amides is 4. The second-order valence-electron chi connectivity index (χ2n) is 6.72. The van der Waals surface area contributed by atoms with Gasteiger partial charge in [0.15, 0.2) is 5.54 Å². The van der Waals surface area contributed by atoms with E-state index in [4.69, 9.17) is 0 Å². The molecule has 9 nitrogen and oxygen atoms in total. The molecular formula is C16H20N4O5S. The molecule has 1 saturated heterocycles. The second-order valence-corrected chi connectivity index (χ2v) is 9.05. The van der Waals surface area contributed by atoms with Gasteiger partial charge in [-0.25, -0.2) is 17.9 Å². The monoisotopic (exact) mass is 380 g/mol. The average Bonchev–Trinajstić information content (AvgIpc) is 3.03. The van der Waals surface area contributed by atoms with E-state index in [1.165, 1.54) is 18.7 Å². The van der Waals surface area contributed by atoms with Crippen LogP contribution in [0.2, 0.25) is 0 Å². The number of nitrogens with zero attached hydrogens (tertiary/aromatic N) is 1. The minimum absolute atomic E-state index is 0.140. The molecule has 2 aliphatic heterocycles. The third-order valence-electron chi connectivity index (χ3n) is 4.57. The van der Waals surface area contributed by atoms with Gasteiger partial charge in [0.25, 0.3) is 11.8 Å². The van der Waals surface area contributed by atoms with Crippen molar-refractivity contribution in [2.24, 2.45) is 0 Å². The number of sulfonamides is 1. The third kappa shape index (κ3) is 3.17. The summed E-state index contributed by atoms with van der Waals surface area (Å²) in [5.74, 6) is -0.932. The van der Waals surface area contributed by atoms with E-state index in [9.17, 15) is 22.8 Å². The number of imide groups is 1. The Kier molecular flexibility index (Phi) is 4.49. The topological polar surface area (TPSA) is 125 Å². The highest BCUT2D eigenvalue weighted by atomic mass is 32.2. The molecule has 10 heteroatoms. The quantitative estimate of drug-likeness (QED) is 0.577. The first-order valence-corrected chi connectivity index (χ1v) is 9.68. The number of fused-ring (bicyclic) bond motifs is 1. The summed E-state index contributed by atoms with van der Waals surface area (Å²) in [7, 11) is -3.65.